The number of ether oxygens (including phenoxy) is 4. The van der Waals surface area contributed by atoms with Gasteiger partial charge < -0.3 is 39.4 Å². The molecule has 8 aromatic rings. The molecule has 2 aliphatic rings. The lowest BCUT2D eigenvalue weighted by atomic mass is 9.66. The second-order valence-corrected chi connectivity index (χ2v) is 21.7. The summed E-state index contributed by atoms with van der Waals surface area (Å²) in [5.41, 5.74) is 18.5. The summed E-state index contributed by atoms with van der Waals surface area (Å²) in [5, 5.41) is 47.1. The lowest BCUT2D eigenvalue weighted by Gasteiger charge is -2.36. The highest BCUT2D eigenvalue weighted by Crippen LogP contribution is 2.60. The molecular formula is C70H74O8. The minimum atomic E-state index is -0.855. The average Bonchev–Trinajstić information content (AvgIpc) is 3.69. The molecule has 0 atom stereocenters. The summed E-state index contributed by atoms with van der Waals surface area (Å²) >= 11 is 0. The lowest BCUT2D eigenvalue weighted by Crippen LogP contribution is -2.29. The molecule has 0 heterocycles. The van der Waals surface area contributed by atoms with Gasteiger partial charge in [-0.15, -0.1) is 0 Å². The second-order valence-electron chi connectivity index (χ2n) is 21.7. The van der Waals surface area contributed by atoms with Crippen LogP contribution >= 0.6 is 0 Å². The SMILES string of the molecule is CCOCc1cc(C2(c3cc(C)c(O)c(COCC)c3)c3ccccc3-c3c(CCOCc4cc(C5(c6cc(COCC)c(O)c(C(C)C)c6)c6ccccc6-c6ccccc65)cc(C(C)C)c4O)cccc32)cc(C)c1O. The van der Waals surface area contributed by atoms with Gasteiger partial charge in [0.15, 0.2) is 0 Å². The van der Waals surface area contributed by atoms with E-state index in [2.05, 4.69) is 167 Å². The van der Waals surface area contributed by atoms with E-state index < -0.39 is 10.8 Å². The quantitative estimate of drug-likeness (QED) is 0.0558. The molecule has 0 amide bonds. The van der Waals surface area contributed by atoms with E-state index in [1.165, 1.54) is 0 Å². The van der Waals surface area contributed by atoms with E-state index >= 15 is 0 Å². The summed E-state index contributed by atoms with van der Waals surface area (Å²) in [6.45, 7) is 21.1. The van der Waals surface area contributed by atoms with Crippen LogP contribution in [0, 0.1) is 13.8 Å². The van der Waals surface area contributed by atoms with E-state index in [1.807, 2.05) is 34.6 Å². The molecule has 8 aromatic carbocycles. The standard InChI is InChI=1S/C70H74O8/c1-10-75-38-47-32-51(30-44(8)65(47)71)70(52-31-45(9)66(72)48(33-52)39-76-11-2)62-26-18-15-23-57(62)64-46(20-19-27-63(64)70)28-29-78-41-50-35-54(37-59(43(6)7)68(50)74)69(53-34-49(40-77-12-3)67(73)58(36-53)42(4)5)60-24-16-13-21-55(60)56-22-14-17-25-61(56)69/h13-27,30-37,42-43,71-74H,10-12,28-29,38-41H2,1-9H3. The molecule has 0 saturated carbocycles. The minimum absolute atomic E-state index is 0.0142. The second kappa shape index (κ2) is 22.3. The number of benzene rings is 8. The number of aryl methyl sites for hydroxylation is 2. The molecule has 78 heavy (non-hydrogen) atoms. The van der Waals surface area contributed by atoms with Crippen molar-refractivity contribution in [1.82, 2.24) is 0 Å². The fourth-order valence-corrected chi connectivity index (χ4v) is 12.8. The Morgan fingerprint density at radius 1 is 0.385 bits per heavy atom. The Balaban J connectivity index is 1.08. The van der Waals surface area contributed by atoms with Gasteiger partial charge in [0.25, 0.3) is 0 Å². The van der Waals surface area contributed by atoms with Crippen molar-refractivity contribution in [3.05, 3.63) is 234 Å². The summed E-state index contributed by atoms with van der Waals surface area (Å²) in [4.78, 5) is 0. The molecule has 0 unspecified atom stereocenters. The van der Waals surface area contributed by atoms with Gasteiger partial charge in [-0.25, -0.2) is 0 Å². The van der Waals surface area contributed by atoms with Crippen molar-refractivity contribution in [3.63, 3.8) is 0 Å². The van der Waals surface area contributed by atoms with Crippen LogP contribution in [0.5, 0.6) is 23.0 Å². The third kappa shape index (κ3) is 9.06. The van der Waals surface area contributed by atoms with E-state index in [9.17, 15) is 20.4 Å². The lowest BCUT2D eigenvalue weighted by molar-refractivity contribution is 0.122. The summed E-state index contributed by atoms with van der Waals surface area (Å²) in [7, 11) is 0. The zero-order valence-corrected chi connectivity index (χ0v) is 46.7. The molecule has 10 rings (SSSR count). The zero-order chi connectivity index (χ0) is 55.0. The van der Waals surface area contributed by atoms with Crippen molar-refractivity contribution in [2.24, 2.45) is 0 Å². The molecule has 8 nitrogen and oxygen atoms in total. The van der Waals surface area contributed by atoms with E-state index in [-0.39, 0.29) is 61.3 Å². The van der Waals surface area contributed by atoms with Crippen LogP contribution in [0.25, 0.3) is 22.3 Å². The van der Waals surface area contributed by atoms with Gasteiger partial charge in [0.05, 0.1) is 43.9 Å². The van der Waals surface area contributed by atoms with Crippen molar-refractivity contribution in [2.45, 2.75) is 118 Å². The number of phenols is 4. The number of hydrogen-bond acceptors (Lipinski definition) is 8. The molecule has 0 spiro atoms. The normalized spacial score (nSPS) is 13.7. The fourth-order valence-electron chi connectivity index (χ4n) is 12.8. The maximum Gasteiger partial charge on any atom is 0.124 e. The largest absolute Gasteiger partial charge is 0.507 e. The summed E-state index contributed by atoms with van der Waals surface area (Å²) < 4.78 is 24.7. The molecule has 4 N–H and O–H groups in total. The Bertz CT molecular complexity index is 3420. The first kappa shape index (κ1) is 54.2. The summed E-state index contributed by atoms with van der Waals surface area (Å²) in [6.07, 6.45) is 0.582. The molecular weight excluding hydrogens is 969 g/mol. The minimum Gasteiger partial charge on any atom is -0.507 e. The molecule has 402 valence electrons. The van der Waals surface area contributed by atoms with Gasteiger partial charge >= 0.3 is 0 Å². The Hall–Kier alpha value is -7.20. The predicted octanol–water partition coefficient (Wildman–Crippen LogP) is 15.5. The van der Waals surface area contributed by atoms with Gasteiger partial charge in [-0.3, -0.25) is 0 Å². The Labute approximate surface area is 460 Å². The van der Waals surface area contributed by atoms with Gasteiger partial charge in [0.2, 0.25) is 0 Å². The average molecular weight is 1040 g/mol. The van der Waals surface area contributed by atoms with E-state index in [0.717, 1.165) is 100 Å². The van der Waals surface area contributed by atoms with Crippen molar-refractivity contribution in [2.75, 3.05) is 26.4 Å². The molecule has 8 heteroatoms. The maximum absolute atomic E-state index is 12.3. The van der Waals surface area contributed by atoms with Crippen LogP contribution in [0.15, 0.2) is 140 Å². The molecule has 0 aliphatic heterocycles. The molecule has 0 saturated heterocycles. The maximum atomic E-state index is 12.3. The Kier molecular flexibility index (Phi) is 15.5. The van der Waals surface area contributed by atoms with Crippen LogP contribution < -0.4 is 0 Å². The Morgan fingerprint density at radius 3 is 1.18 bits per heavy atom. The zero-order valence-electron chi connectivity index (χ0n) is 46.7. The summed E-state index contributed by atoms with van der Waals surface area (Å²) in [5.74, 6) is 0.953. The van der Waals surface area contributed by atoms with Gasteiger partial charge in [0.1, 0.15) is 23.0 Å². The molecule has 0 fully saturated rings. The van der Waals surface area contributed by atoms with Crippen LogP contribution in [0.4, 0.5) is 0 Å². The van der Waals surface area contributed by atoms with Gasteiger partial charge in [-0.1, -0.05) is 143 Å². The predicted molar refractivity (Wildman–Crippen MR) is 311 cm³/mol. The highest BCUT2D eigenvalue weighted by molar-refractivity contribution is 5.89. The molecule has 0 radical (unpaired) electrons. The van der Waals surface area contributed by atoms with Crippen LogP contribution in [0.1, 0.15) is 155 Å². The van der Waals surface area contributed by atoms with Crippen molar-refractivity contribution in [3.8, 4) is 45.3 Å². The molecule has 2 aliphatic carbocycles. The number of rotatable bonds is 20. The number of hydrogen-bond donors (Lipinski definition) is 4. The third-order valence-electron chi connectivity index (χ3n) is 16.4. The van der Waals surface area contributed by atoms with Crippen molar-refractivity contribution in [1.29, 1.82) is 0 Å². The fraction of sp³-hybridized carbons (Fsp3) is 0.314. The van der Waals surface area contributed by atoms with Crippen LogP contribution in [0.2, 0.25) is 0 Å². The summed E-state index contributed by atoms with van der Waals surface area (Å²) in [6, 6.07) is 49.4. The first-order chi connectivity index (χ1) is 37.7. The highest BCUT2D eigenvalue weighted by Gasteiger charge is 2.49. The van der Waals surface area contributed by atoms with E-state index in [0.29, 0.717) is 49.5 Å². The molecule has 0 bridgehead atoms. The highest BCUT2D eigenvalue weighted by atomic mass is 16.5. The van der Waals surface area contributed by atoms with Gasteiger partial charge in [-0.2, -0.15) is 0 Å². The van der Waals surface area contributed by atoms with Crippen LogP contribution in [0.3, 0.4) is 0 Å². The number of aromatic hydroxyl groups is 4. The van der Waals surface area contributed by atoms with Gasteiger partial charge in [0, 0.05) is 42.1 Å². The van der Waals surface area contributed by atoms with Crippen LogP contribution in [-0.2, 0) is 62.6 Å². The van der Waals surface area contributed by atoms with E-state index in [4.69, 9.17) is 18.9 Å². The first-order valence-electron chi connectivity index (χ1n) is 27.8. The van der Waals surface area contributed by atoms with Gasteiger partial charge in [-0.05, 0) is 172 Å². The first-order valence-corrected chi connectivity index (χ1v) is 27.8. The molecule has 0 aromatic heterocycles. The van der Waals surface area contributed by atoms with Crippen molar-refractivity contribution < 1.29 is 39.4 Å². The Morgan fingerprint density at radius 2 is 0.744 bits per heavy atom. The topological polar surface area (TPSA) is 118 Å². The monoisotopic (exact) mass is 1040 g/mol. The third-order valence-corrected chi connectivity index (χ3v) is 16.4. The number of phenolic OH excluding ortho intramolecular Hbond substituents is 4. The van der Waals surface area contributed by atoms with Crippen molar-refractivity contribution >= 4 is 0 Å². The van der Waals surface area contributed by atoms with E-state index in [1.54, 1.807) is 0 Å². The smallest absolute Gasteiger partial charge is 0.124 e. The van der Waals surface area contributed by atoms with Crippen LogP contribution in [-0.4, -0.2) is 46.9 Å². The number of fused-ring (bicyclic) bond motifs is 6.